The van der Waals surface area contributed by atoms with Gasteiger partial charge in [0.15, 0.2) is 18.7 Å². The summed E-state index contributed by atoms with van der Waals surface area (Å²) in [5.74, 6) is -3.66. The minimum absolute atomic E-state index is 0.215. The molecule has 0 aromatic heterocycles. The number of hydrogen-bond donors (Lipinski definition) is 12. The van der Waals surface area contributed by atoms with Gasteiger partial charge in [-0.25, -0.2) is 9.13 Å². The Kier molecular flexibility index (Phi) is 54.7. The summed E-state index contributed by atoms with van der Waals surface area (Å²) in [6.45, 7) is 6.99. The van der Waals surface area contributed by atoms with E-state index in [2.05, 4.69) is 38.3 Å². The summed E-state index contributed by atoms with van der Waals surface area (Å²) in [6.07, 6.45) is 17.5. The molecular weight excluding hydrogens is 1290 g/mol. The maximum atomic E-state index is 13.8. The molecule has 0 aromatic carbocycles. The van der Waals surface area contributed by atoms with E-state index in [1.807, 2.05) is 0 Å². The van der Waals surface area contributed by atoms with Crippen LogP contribution in [-0.2, 0) is 61.0 Å². The van der Waals surface area contributed by atoms with Crippen LogP contribution in [0.4, 0.5) is 0 Å². The third-order valence-corrected chi connectivity index (χ3v) is 18.6. The van der Waals surface area contributed by atoms with Crippen LogP contribution in [0.15, 0.2) is 0 Å². The van der Waals surface area contributed by atoms with Crippen molar-refractivity contribution in [3.05, 3.63) is 0 Å². The normalized spacial score (nSPS) is 19.4. The van der Waals surface area contributed by atoms with E-state index in [-0.39, 0.29) is 19.3 Å². The van der Waals surface area contributed by atoms with Crippen molar-refractivity contribution in [3.63, 3.8) is 0 Å². The smallest absolute Gasteiger partial charge is 0.463 e. The second kappa shape index (κ2) is 57.3. The molecule has 25 nitrogen and oxygen atoms in total. The zero-order valence-electron chi connectivity index (χ0n) is 59.4. The zero-order chi connectivity index (χ0) is 71.4. The first kappa shape index (κ1) is 91.8. The maximum absolute atomic E-state index is 13.8. The molecule has 1 saturated heterocycles. The number of aliphatic hydroxyl groups excluding tert-OH is 6. The number of ether oxygens (including phenoxy) is 5. The Morgan fingerprint density at radius 2 is 0.854 bits per heavy atom. The lowest BCUT2D eigenvalue weighted by Gasteiger charge is -2.44. The number of carbonyl (C=O) groups is 4. The lowest BCUT2D eigenvalue weighted by Crippen LogP contribution is -2.66. The largest absolute Gasteiger partial charge is 0.472 e. The Labute approximate surface area is 575 Å². The minimum atomic E-state index is -5.60. The maximum Gasteiger partial charge on any atom is 0.472 e. The van der Waals surface area contributed by atoms with Gasteiger partial charge in [-0.05, 0) is 32.6 Å². The van der Waals surface area contributed by atoms with Crippen LogP contribution in [0.5, 0.6) is 0 Å². The lowest BCUT2D eigenvalue weighted by atomic mass is 9.96. The van der Waals surface area contributed by atoms with Crippen molar-refractivity contribution in [2.75, 3.05) is 19.8 Å². The molecule has 0 radical (unpaired) electrons. The number of phosphoric ester groups is 2. The van der Waals surface area contributed by atoms with Gasteiger partial charge in [0.2, 0.25) is 11.8 Å². The van der Waals surface area contributed by atoms with E-state index in [4.69, 9.17) is 32.7 Å². The molecule has 2 amide bonds. The number of esters is 2. The topological polar surface area (TPSA) is 393 Å². The van der Waals surface area contributed by atoms with Crippen LogP contribution in [0.1, 0.15) is 317 Å². The monoisotopic (exact) mass is 1420 g/mol. The third-order valence-electron chi connectivity index (χ3n) is 17.5. The highest BCUT2D eigenvalue weighted by atomic mass is 31.2. The predicted molar refractivity (Wildman–Crippen MR) is 367 cm³/mol. The van der Waals surface area contributed by atoms with Gasteiger partial charge in [0, 0.05) is 0 Å². The summed E-state index contributed by atoms with van der Waals surface area (Å²) in [5, 5.41) is 71.7. The number of nitrogens with one attached hydrogen (secondary N) is 2. The van der Waals surface area contributed by atoms with E-state index < -0.39 is 165 Å². The van der Waals surface area contributed by atoms with E-state index in [9.17, 15) is 78.5 Å². The molecule has 12 N–H and O–H groups in total. The molecule has 1 aliphatic rings. The summed E-state index contributed by atoms with van der Waals surface area (Å²) >= 11 is 0. The van der Waals surface area contributed by atoms with E-state index in [1.54, 1.807) is 0 Å². The van der Waals surface area contributed by atoms with Gasteiger partial charge in [0.25, 0.3) is 0 Å². The van der Waals surface area contributed by atoms with Gasteiger partial charge >= 0.3 is 27.6 Å². The van der Waals surface area contributed by atoms with Gasteiger partial charge in [-0.2, -0.15) is 0 Å². The fraction of sp³-hybridized carbons (Fsp3) is 0.942. The van der Waals surface area contributed by atoms with Crippen molar-refractivity contribution in [1.82, 2.24) is 10.6 Å². The Balaban J connectivity index is 3.60. The van der Waals surface area contributed by atoms with Crippen molar-refractivity contribution < 1.29 is 111 Å². The third kappa shape index (κ3) is 49.3. The number of aliphatic hydroxyl groups is 6. The van der Waals surface area contributed by atoms with Gasteiger partial charge in [0.1, 0.15) is 37.1 Å². The van der Waals surface area contributed by atoms with Crippen molar-refractivity contribution in [1.29, 1.82) is 0 Å². The molecule has 0 aromatic rings. The minimum Gasteiger partial charge on any atom is -0.463 e. The van der Waals surface area contributed by atoms with Gasteiger partial charge in [-0.3, -0.25) is 28.2 Å². The highest BCUT2D eigenvalue weighted by Gasteiger charge is 2.51. The van der Waals surface area contributed by atoms with Crippen LogP contribution >= 0.6 is 15.6 Å². The van der Waals surface area contributed by atoms with E-state index in [0.29, 0.717) is 32.1 Å². The van der Waals surface area contributed by atoms with Crippen LogP contribution in [0.3, 0.4) is 0 Å². The van der Waals surface area contributed by atoms with Gasteiger partial charge in [-0.15, -0.1) is 0 Å². The predicted octanol–water partition coefficient (Wildman–Crippen LogP) is 11.5. The van der Waals surface area contributed by atoms with Crippen molar-refractivity contribution in [3.8, 4) is 0 Å². The molecule has 1 heterocycles. The molecule has 0 aliphatic carbocycles. The first-order valence-electron chi connectivity index (χ1n) is 37.2. The number of amides is 2. The fourth-order valence-corrected chi connectivity index (χ4v) is 12.9. The average molecular weight is 1420 g/mol. The summed E-state index contributed by atoms with van der Waals surface area (Å²) < 4.78 is 64.5. The molecule has 96 heavy (non-hydrogen) atoms. The summed E-state index contributed by atoms with van der Waals surface area (Å²) in [7, 11) is -11.1. The first-order valence-corrected chi connectivity index (χ1v) is 40.3. The Morgan fingerprint density at radius 3 is 1.23 bits per heavy atom. The van der Waals surface area contributed by atoms with Crippen molar-refractivity contribution in [2.24, 2.45) is 0 Å². The first-order chi connectivity index (χ1) is 45.9. The average Bonchev–Trinajstić information content (AvgIpc) is 0.788. The van der Waals surface area contributed by atoms with Crippen molar-refractivity contribution >= 4 is 39.4 Å². The van der Waals surface area contributed by atoms with Crippen LogP contribution in [0.25, 0.3) is 0 Å². The highest BCUT2D eigenvalue weighted by Crippen LogP contribution is 2.42. The van der Waals surface area contributed by atoms with Crippen molar-refractivity contribution in [2.45, 2.75) is 397 Å². The van der Waals surface area contributed by atoms with E-state index in [0.717, 1.165) is 154 Å². The summed E-state index contributed by atoms with van der Waals surface area (Å²) in [4.78, 5) is 94.9. The number of rotatable bonds is 65. The van der Waals surface area contributed by atoms with Crippen LogP contribution in [-0.4, -0.2) is 173 Å². The standard InChI is InChI=1S/C69H134N2O23P2/c1-6-10-14-18-22-26-30-34-38-42-54(73)46-61(77)70-53(5)68(90-58(50-72)59(93-95(82,83)84)51-88-63(79)48-56(75)44-40-36-32-28-24-20-16-12-8-3)89-52-60-66(81)67(92-64(80)49-57(76)45-41-37-33-29-25-21-17-13-9-4)65(69(91-60)94-96(85,86)87)71-62(78)47-55(74)43-39-35-31-27-23-19-15-11-7-2/h53-60,65-69,72-76,81H,6-52H2,1-5H3,(H,70,77)(H,71,78)(H2,82,83,84)(H2,85,86,87)/t53?,54?,55?,56?,57?,58?,59-,60?,65?,66+,67+,68+,69+/m0/s1. The molecule has 568 valence electrons. The van der Waals surface area contributed by atoms with Gasteiger partial charge in [-0.1, -0.05) is 259 Å². The second-order valence-corrected chi connectivity index (χ2v) is 29.2. The Hall–Kier alpha value is -2.26. The lowest BCUT2D eigenvalue weighted by molar-refractivity contribution is -0.276. The van der Waals surface area contributed by atoms with E-state index in [1.165, 1.54) is 58.3 Å². The number of unbranched alkanes of at least 4 members (excludes halogenated alkanes) is 32. The van der Waals surface area contributed by atoms with Crippen LogP contribution in [0.2, 0.25) is 0 Å². The fourth-order valence-electron chi connectivity index (χ4n) is 11.9. The molecule has 1 aliphatic heterocycles. The Morgan fingerprint density at radius 1 is 0.490 bits per heavy atom. The zero-order valence-corrected chi connectivity index (χ0v) is 61.2. The number of phosphoric acid groups is 2. The van der Waals surface area contributed by atoms with Crippen LogP contribution in [0, 0.1) is 0 Å². The van der Waals surface area contributed by atoms with E-state index >= 15 is 0 Å². The summed E-state index contributed by atoms with van der Waals surface area (Å²) in [5.41, 5.74) is 0. The van der Waals surface area contributed by atoms with Crippen LogP contribution < -0.4 is 10.6 Å². The Bertz CT molecular complexity index is 2040. The summed E-state index contributed by atoms with van der Waals surface area (Å²) in [6, 6.07) is -3.22. The second-order valence-electron chi connectivity index (χ2n) is 26.8. The molecule has 1 rings (SSSR count). The van der Waals surface area contributed by atoms with Gasteiger partial charge in [0.05, 0.1) is 69.4 Å². The molecule has 0 bridgehead atoms. The van der Waals surface area contributed by atoms with Gasteiger partial charge < -0.3 is 84.5 Å². The molecule has 27 heteroatoms. The molecule has 0 saturated carbocycles. The number of carbonyl (C=O) groups excluding carboxylic acids is 4. The molecule has 1 fully saturated rings. The quantitative estimate of drug-likeness (QED) is 0.0116. The number of hydrogen-bond acceptors (Lipinski definition) is 19. The molecule has 0 spiro atoms. The highest BCUT2D eigenvalue weighted by molar-refractivity contribution is 7.46. The SMILES string of the molecule is CCCCCCCCCCCC(O)CC(=O)NC(C)[C@H](OCC1O[C@H](OP(=O)(O)O)C(NC(=O)CC(O)CCCCCCCCCCC)[C@@H](OC(=O)CC(O)CCCCCCCCCCC)[C@@H]1O)OC(CO)[C@H](COC(=O)CC(O)CCCCCCCCCCC)OP(=O)(O)O. The molecular formula is C69H134N2O23P2. The molecule has 8 unspecified atom stereocenters. The molecule has 13 atom stereocenters.